The molecule has 0 radical (unpaired) electrons. The summed E-state index contributed by atoms with van der Waals surface area (Å²) in [5.74, 6) is -0.454. The molecular weight excluding hydrogens is 440 g/mol. The molecule has 3 atom stereocenters. The van der Waals surface area contributed by atoms with Crippen molar-refractivity contribution in [3.05, 3.63) is 65.2 Å². The summed E-state index contributed by atoms with van der Waals surface area (Å²) in [4.78, 5) is 7.90. The number of halogens is 2. The van der Waals surface area contributed by atoms with Crippen LogP contribution in [-0.4, -0.2) is 40.4 Å². The fraction of sp³-hybridized carbons (Fsp3) is 0.538. The largest absolute Gasteiger partial charge is 0.400 e. The summed E-state index contributed by atoms with van der Waals surface area (Å²) in [6, 6.07) is 2.79. The maximum absolute atomic E-state index is 13.7. The van der Waals surface area contributed by atoms with Gasteiger partial charge in [0.2, 0.25) is 0 Å². The molecule has 6 nitrogen and oxygen atoms in total. The molecule has 3 unspecified atom stereocenters. The van der Waals surface area contributed by atoms with Gasteiger partial charge in [0.1, 0.15) is 23.6 Å². The number of aromatic nitrogens is 1. The minimum atomic E-state index is -0.754. The van der Waals surface area contributed by atoms with Gasteiger partial charge < -0.3 is 20.7 Å². The van der Waals surface area contributed by atoms with Gasteiger partial charge in [0, 0.05) is 13.3 Å². The van der Waals surface area contributed by atoms with Crippen molar-refractivity contribution in [3.63, 3.8) is 0 Å². The third kappa shape index (κ3) is 11.1. The van der Waals surface area contributed by atoms with Crippen LogP contribution in [0.1, 0.15) is 78.5 Å². The second kappa shape index (κ2) is 18.0. The van der Waals surface area contributed by atoms with Gasteiger partial charge in [0.25, 0.3) is 0 Å². The normalized spacial score (nSPS) is 20.2. The van der Waals surface area contributed by atoms with Crippen LogP contribution < -0.4 is 5.73 Å². The molecule has 2 rings (SSSR count). The number of aliphatic hydroxyl groups excluding tert-OH is 2. The smallest absolute Gasteiger partial charge is 0.141 e. The molecule has 0 amide bonds. The van der Waals surface area contributed by atoms with Crippen LogP contribution in [0.2, 0.25) is 0 Å². The average Bonchev–Trinajstić information content (AvgIpc) is 3.27. The quantitative estimate of drug-likeness (QED) is 0.252. The number of pyridine rings is 1. The highest BCUT2D eigenvalue weighted by Gasteiger charge is 2.29. The maximum atomic E-state index is 13.7. The summed E-state index contributed by atoms with van der Waals surface area (Å²) in [5.41, 5.74) is 7.67. The topological polar surface area (TPSA) is 101 Å². The van der Waals surface area contributed by atoms with Crippen molar-refractivity contribution in [3.8, 4) is 0 Å². The molecule has 0 bridgehead atoms. The van der Waals surface area contributed by atoms with Gasteiger partial charge in [-0.25, -0.2) is 13.8 Å². The molecule has 34 heavy (non-hydrogen) atoms. The van der Waals surface area contributed by atoms with Crippen molar-refractivity contribution in [1.29, 1.82) is 0 Å². The predicted molar refractivity (Wildman–Crippen MR) is 134 cm³/mol. The van der Waals surface area contributed by atoms with Crippen molar-refractivity contribution >= 4 is 5.84 Å². The number of hydrogen-bond acceptors (Lipinski definition) is 5. The number of aliphatic imine (C=N–C) groups is 1. The summed E-state index contributed by atoms with van der Waals surface area (Å²) in [5, 5.41) is 16.9. The molecule has 0 aromatic carbocycles. The monoisotopic (exact) mass is 481 g/mol. The van der Waals surface area contributed by atoms with E-state index in [2.05, 4.69) is 16.9 Å². The van der Waals surface area contributed by atoms with Crippen LogP contribution in [0, 0.1) is 5.82 Å². The van der Waals surface area contributed by atoms with Crippen LogP contribution in [0.5, 0.6) is 0 Å². The van der Waals surface area contributed by atoms with E-state index in [-0.39, 0.29) is 23.9 Å². The molecule has 4 N–H and O–H groups in total. The molecule has 8 heteroatoms. The zero-order valence-electron chi connectivity index (χ0n) is 21.3. The number of hydrogen-bond donors (Lipinski definition) is 3. The fourth-order valence-electron chi connectivity index (χ4n) is 3.31. The van der Waals surface area contributed by atoms with Crippen molar-refractivity contribution in [1.82, 2.24) is 4.98 Å². The van der Waals surface area contributed by atoms with Crippen molar-refractivity contribution < 1.29 is 23.7 Å². The minimum Gasteiger partial charge on any atom is -0.400 e. The molecule has 0 aliphatic carbocycles. The van der Waals surface area contributed by atoms with E-state index in [1.54, 1.807) is 13.1 Å². The molecule has 1 saturated heterocycles. The summed E-state index contributed by atoms with van der Waals surface area (Å²) >= 11 is 0. The first-order chi connectivity index (χ1) is 16.2. The molecule has 192 valence electrons. The third-order valence-electron chi connectivity index (χ3n) is 5.03. The Morgan fingerprint density at radius 1 is 1.32 bits per heavy atom. The Kier molecular flexibility index (Phi) is 16.7. The Morgan fingerprint density at radius 2 is 2.00 bits per heavy atom. The van der Waals surface area contributed by atoms with E-state index in [4.69, 9.17) is 15.6 Å². The fourth-order valence-corrected chi connectivity index (χ4v) is 3.31. The predicted octanol–water partition coefficient (Wildman–Crippen LogP) is 5.69. The third-order valence-corrected chi connectivity index (χ3v) is 5.03. The minimum absolute atomic E-state index is 0.185. The van der Waals surface area contributed by atoms with Crippen LogP contribution in [0.3, 0.4) is 0 Å². The number of amidine groups is 1. The Labute approximate surface area is 203 Å². The average molecular weight is 482 g/mol. The molecule has 1 aromatic rings. The summed E-state index contributed by atoms with van der Waals surface area (Å²) in [7, 11) is 1.00. The lowest BCUT2D eigenvalue weighted by molar-refractivity contribution is -0.0314. The number of nitrogens with two attached hydrogens (primary N) is 1. The van der Waals surface area contributed by atoms with Crippen LogP contribution >= 0.6 is 0 Å². The van der Waals surface area contributed by atoms with Crippen LogP contribution in [0.25, 0.3) is 0 Å². The highest BCUT2D eigenvalue weighted by atomic mass is 19.1. The van der Waals surface area contributed by atoms with Crippen molar-refractivity contribution in [2.75, 3.05) is 7.11 Å². The van der Waals surface area contributed by atoms with E-state index >= 15 is 0 Å². The summed E-state index contributed by atoms with van der Waals surface area (Å²) in [6.07, 6.45) is 9.69. The van der Waals surface area contributed by atoms with E-state index in [0.717, 1.165) is 51.0 Å². The zero-order valence-corrected chi connectivity index (χ0v) is 21.3. The number of ether oxygens (including phenoxy) is 1. The first-order valence-corrected chi connectivity index (χ1v) is 11.6. The molecule has 2 heterocycles. The van der Waals surface area contributed by atoms with Gasteiger partial charge in [-0.15, -0.1) is 0 Å². The highest BCUT2D eigenvalue weighted by molar-refractivity contribution is 6.01. The van der Waals surface area contributed by atoms with Gasteiger partial charge >= 0.3 is 0 Å². The molecular formula is C26H41F2N3O3. The SMILES string of the molecule is CC1CCC(C(O)c2ccc(F)cn2)O1.CO.C\C=C(F)/C(C(/N)=N/C=C/CC)=C(/C)CCC. The van der Waals surface area contributed by atoms with E-state index < -0.39 is 11.9 Å². The molecule has 0 spiro atoms. The van der Waals surface area contributed by atoms with Crippen molar-refractivity contribution in [2.45, 2.75) is 85.0 Å². The summed E-state index contributed by atoms with van der Waals surface area (Å²) in [6.45, 7) is 9.59. The van der Waals surface area contributed by atoms with E-state index in [9.17, 15) is 13.9 Å². The molecule has 1 aromatic heterocycles. The molecule has 1 aliphatic rings. The standard InChI is InChI=1S/C14H23FN2.C11H14FNO2.CH4O/c1-5-8-10-17-14(16)13(12(15)7-3)11(4)9-6-2;1-7-2-5-10(15-7)11(14)9-4-3-8(12)6-13-9;1-2/h7-8,10H,5-6,9H2,1-4H3,(H2,16,17);3-4,6-7,10-11,14H,2,5H2,1H3;2H,1H3/b10-8+,12-7+,13-11+;;. The van der Waals surface area contributed by atoms with Gasteiger partial charge in [-0.05, 0) is 58.6 Å². The first kappa shape index (κ1) is 31.6. The second-order valence-electron chi connectivity index (χ2n) is 7.76. The lowest BCUT2D eigenvalue weighted by Crippen LogP contribution is -2.19. The molecule has 0 saturated carbocycles. The number of allylic oxidation sites excluding steroid dienone is 3. The summed E-state index contributed by atoms with van der Waals surface area (Å²) < 4.78 is 31.9. The van der Waals surface area contributed by atoms with E-state index in [0.29, 0.717) is 11.3 Å². The van der Waals surface area contributed by atoms with Crippen molar-refractivity contribution in [2.24, 2.45) is 10.7 Å². The lowest BCUT2D eigenvalue weighted by atomic mass is 10.0. The Balaban J connectivity index is 0.000000599. The van der Waals surface area contributed by atoms with Gasteiger partial charge in [0.15, 0.2) is 0 Å². The molecule has 1 fully saturated rings. The Morgan fingerprint density at radius 3 is 2.47 bits per heavy atom. The second-order valence-corrected chi connectivity index (χ2v) is 7.76. The highest BCUT2D eigenvalue weighted by Crippen LogP contribution is 2.29. The number of aliphatic hydroxyl groups is 2. The van der Waals surface area contributed by atoms with E-state index in [1.807, 2.05) is 26.8 Å². The van der Waals surface area contributed by atoms with Crippen LogP contribution in [-0.2, 0) is 4.74 Å². The van der Waals surface area contributed by atoms with Gasteiger partial charge in [-0.2, -0.15) is 0 Å². The Hall–Kier alpha value is -2.42. The number of rotatable bonds is 8. The van der Waals surface area contributed by atoms with Gasteiger partial charge in [-0.3, -0.25) is 4.98 Å². The molecule has 1 aliphatic heterocycles. The maximum Gasteiger partial charge on any atom is 0.141 e. The Bertz CT molecular complexity index is 821. The van der Waals surface area contributed by atoms with Gasteiger partial charge in [0.05, 0.1) is 29.7 Å². The number of nitrogens with zero attached hydrogens (tertiary/aromatic N) is 2. The van der Waals surface area contributed by atoms with E-state index in [1.165, 1.54) is 18.2 Å². The zero-order chi connectivity index (χ0) is 26.1. The first-order valence-electron chi connectivity index (χ1n) is 11.6. The van der Waals surface area contributed by atoms with Crippen LogP contribution in [0.4, 0.5) is 8.78 Å². The van der Waals surface area contributed by atoms with Crippen LogP contribution in [0.15, 0.2) is 58.6 Å². The lowest BCUT2D eigenvalue weighted by Gasteiger charge is -2.17. The van der Waals surface area contributed by atoms with Gasteiger partial charge in [-0.1, -0.05) is 38.0 Å².